The first-order valence-electron chi connectivity index (χ1n) is 6.96. The van der Waals surface area contributed by atoms with E-state index >= 15 is 0 Å². The van der Waals surface area contributed by atoms with Gasteiger partial charge in [0, 0.05) is 11.7 Å². The summed E-state index contributed by atoms with van der Waals surface area (Å²) in [5, 5.41) is 21.8. The van der Waals surface area contributed by atoms with Gasteiger partial charge in [0.25, 0.3) is 0 Å². The van der Waals surface area contributed by atoms with Crippen LogP contribution < -0.4 is 10.8 Å². The summed E-state index contributed by atoms with van der Waals surface area (Å²) in [5.74, 6) is -0.428. The molecule has 0 aliphatic heterocycles. The molecule has 0 radical (unpaired) electrons. The number of ether oxygens (including phenoxy) is 1. The molecule has 108 valence electrons. The summed E-state index contributed by atoms with van der Waals surface area (Å²) < 4.78 is 4.76. The summed E-state index contributed by atoms with van der Waals surface area (Å²) in [5.41, 5.74) is 1.38. The molecule has 20 heavy (non-hydrogen) atoms. The van der Waals surface area contributed by atoms with Crippen molar-refractivity contribution in [1.82, 2.24) is 0 Å². The summed E-state index contributed by atoms with van der Waals surface area (Å²) in [6.07, 6.45) is 5.72. The molecule has 0 saturated heterocycles. The molecule has 1 aromatic rings. The Kier molecular flexibility index (Phi) is 5.03. The molecule has 5 nitrogen and oxygen atoms in total. The van der Waals surface area contributed by atoms with E-state index in [-0.39, 0.29) is 0 Å². The Hall–Kier alpha value is -1.53. The molecule has 0 amide bonds. The highest BCUT2D eigenvalue weighted by molar-refractivity contribution is 6.58. The normalized spacial score (nSPS) is 15.8. The summed E-state index contributed by atoms with van der Waals surface area (Å²) in [6.45, 7) is 0. The van der Waals surface area contributed by atoms with E-state index < -0.39 is 13.1 Å². The van der Waals surface area contributed by atoms with Crippen molar-refractivity contribution >= 4 is 24.2 Å². The molecular formula is C14H20BNO4. The van der Waals surface area contributed by atoms with Crippen LogP contribution in [0.15, 0.2) is 18.2 Å². The van der Waals surface area contributed by atoms with Gasteiger partial charge in [0.05, 0.1) is 12.7 Å². The number of methoxy groups -OCH3 is 1. The van der Waals surface area contributed by atoms with E-state index in [1.807, 2.05) is 0 Å². The van der Waals surface area contributed by atoms with Crippen molar-refractivity contribution in [2.24, 2.45) is 0 Å². The number of benzene rings is 1. The van der Waals surface area contributed by atoms with Crippen molar-refractivity contribution in [2.75, 3.05) is 12.4 Å². The standard InChI is InChI=1S/C14H20BNO4/c1-20-14(17)12-8-7-10(15(18)19)9-13(12)16-11-5-3-2-4-6-11/h7-9,11,16,18-19H,2-6H2,1H3. The Labute approximate surface area is 119 Å². The van der Waals surface area contributed by atoms with Crippen molar-refractivity contribution in [3.63, 3.8) is 0 Å². The second kappa shape index (κ2) is 6.77. The molecule has 1 fully saturated rings. The number of hydrogen-bond acceptors (Lipinski definition) is 5. The van der Waals surface area contributed by atoms with Crippen LogP contribution in [0, 0.1) is 0 Å². The summed E-state index contributed by atoms with van der Waals surface area (Å²) >= 11 is 0. The molecule has 0 heterocycles. The summed E-state index contributed by atoms with van der Waals surface area (Å²) in [6, 6.07) is 5.00. The summed E-state index contributed by atoms with van der Waals surface area (Å²) in [7, 11) is -0.213. The largest absolute Gasteiger partial charge is 0.488 e. The van der Waals surface area contributed by atoms with Crippen LogP contribution in [-0.4, -0.2) is 36.3 Å². The number of rotatable bonds is 4. The van der Waals surface area contributed by atoms with Crippen molar-refractivity contribution in [3.8, 4) is 0 Å². The molecule has 0 unspecified atom stereocenters. The highest BCUT2D eigenvalue weighted by Gasteiger charge is 2.20. The lowest BCUT2D eigenvalue weighted by Gasteiger charge is -2.25. The van der Waals surface area contributed by atoms with Gasteiger partial charge < -0.3 is 20.1 Å². The topological polar surface area (TPSA) is 78.8 Å². The van der Waals surface area contributed by atoms with Gasteiger partial charge in [0.2, 0.25) is 0 Å². The zero-order chi connectivity index (χ0) is 14.5. The maximum atomic E-state index is 11.8. The third-order valence-corrected chi connectivity index (χ3v) is 3.71. The molecule has 1 saturated carbocycles. The molecule has 1 aromatic carbocycles. The average molecular weight is 277 g/mol. The van der Waals surface area contributed by atoms with Crippen LogP contribution in [0.4, 0.5) is 5.69 Å². The maximum absolute atomic E-state index is 11.8. The van der Waals surface area contributed by atoms with Gasteiger partial charge >= 0.3 is 13.1 Å². The van der Waals surface area contributed by atoms with Crippen molar-refractivity contribution in [2.45, 2.75) is 38.1 Å². The molecule has 0 aromatic heterocycles. The van der Waals surface area contributed by atoms with Gasteiger partial charge in [-0.2, -0.15) is 0 Å². The first-order chi connectivity index (χ1) is 9.61. The Bertz CT molecular complexity index is 472. The van der Waals surface area contributed by atoms with Gasteiger partial charge in [-0.1, -0.05) is 25.3 Å². The van der Waals surface area contributed by atoms with E-state index in [9.17, 15) is 14.8 Å². The van der Waals surface area contributed by atoms with Crippen LogP contribution in [0.5, 0.6) is 0 Å². The highest BCUT2D eigenvalue weighted by atomic mass is 16.5. The van der Waals surface area contributed by atoms with E-state index in [0.717, 1.165) is 12.8 Å². The van der Waals surface area contributed by atoms with Crippen molar-refractivity contribution < 1.29 is 19.6 Å². The summed E-state index contributed by atoms with van der Waals surface area (Å²) in [4.78, 5) is 11.8. The smallest absolute Gasteiger partial charge is 0.465 e. The Morgan fingerprint density at radius 2 is 2.00 bits per heavy atom. The number of carbonyl (C=O) groups excluding carboxylic acids is 1. The van der Waals surface area contributed by atoms with Gasteiger partial charge in [0.15, 0.2) is 0 Å². The maximum Gasteiger partial charge on any atom is 0.488 e. The van der Waals surface area contributed by atoms with Gasteiger partial charge in [-0.15, -0.1) is 0 Å². The molecule has 0 atom stereocenters. The van der Waals surface area contributed by atoms with E-state index in [4.69, 9.17) is 4.74 Å². The predicted octanol–water partition coefficient (Wildman–Crippen LogP) is 0.898. The molecule has 0 spiro atoms. The number of carbonyl (C=O) groups is 1. The minimum atomic E-state index is -1.55. The number of anilines is 1. The highest BCUT2D eigenvalue weighted by Crippen LogP contribution is 2.23. The average Bonchev–Trinajstić information content (AvgIpc) is 2.47. The third kappa shape index (κ3) is 3.52. The molecule has 0 bridgehead atoms. The van der Waals surface area contributed by atoms with E-state index in [1.54, 1.807) is 12.1 Å². The van der Waals surface area contributed by atoms with Gasteiger partial charge in [-0.25, -0.2) is 4.79 Å². The molecule has 3 N–H and O–H groups in total. The van der Waals surface area contributed by atoms with Crippen LogP contribution in [0.2, 0.25) is 0 Å². The monoisotopic (exact) mass is 277 g/mol. The number of nitrogens with one attached hydrogen (secondary N) is 1. The van der Waals surface area contributed by atoms with Crippen LogP contribution >= 0.6 is 0 Å². The molecule has 6 heteroatoms. The first kappa shape index (κ1) is 14.9. The third-order valence-electron chi connectivity index (χ3n) is 3.71. The Morgan fingerprint density at radius 3 is 2.60 bits per heavy atom. The molecular weight excluding hydrogens is 257 g/mol. The Morgan fingerprint density at radius 1 is 1.30 bits per heavy atom. The SMILES string of the molecule is COC(=O)c1ccc(B(O)O)cc1NC1CCCCC1. The lowest BCUT2D eigenvalue weighted by atomic mass is 9.79. The van der Waals surface area contributed by atoms with E-state index in [1.165, 1.54) is 32.4 Å². The lowest BCUT2D eigenvalue weighted by Crippen LogP contribution is -2.31. The minimum Gasteiger partial charge on any atom is -0.465 e. The van der Waals surface area contributed by atoms with E-state index in [0.29, 0.717) is 22.8 Å². The Balaban J connectivity index is 2.25. The lowest BCUT2D eigenvalue weighted by molar-refractivity contribution is 0.0601. The van der Waals surface area contributed by atoms with Crippen LogP contribution in [0.25, 0.3) is 0 Å². The predicted molar refractivity (Wildman–Crippen MR) is 78.1 cm³/mol. The van der Waals surface area contributed by atoms with Crippen molar-refractivity contribution in [3.05, 3.63) is 23.8 Å². The zero-order valence-corrected chi connectivity index (χ0v) is 11.6. The second-order valence-corrected chi connectivity index (χ2v) is 5.15. The van der Waals surface area contributed by atoms with Crippen LogP contribution in [-0.2, 0) is 4.74 Å². The number of esters is 1. The molecule has 1 aliphatic carbocycles. The van der Waals surface area contributed by atoms with Gasteiger partial charge in [-0.3, -0.25) is 0 Å². The van der Waals surface area contributed by atoms with Gasteiger partial charge in [-0.05, 0) is 30.4 Å². The van der Waals surface area contributed by atoms with Crippen LogP contribution in [0.1, 0.15) is 42.5 Å². The minimum absolute atomic E-state index is 0.318. The second-order valence-electron chi connectivity index (χ2n) is 5.15. The fraction of sp³-hybridized carbons (Fsp3) is 0.500. The van der Waals surface area contributed by atoms with Crippen molar-refractivity contribution in [1.29, 1.82) is 0 Å². The quantitative estimate of drug-likeness (QED) is 0.563. The number of hydrogen-bond donors (Lipinski definition) is 3. The van der Waals surface area contributed by atoms with Crippen LogP contribution in [0.3, 0.4) is 0 Å². The fourth-order valence-electron chi connectivity index (χ4n) is 2.60. The fourth-order valence-corrected chi connectivity index (χ4v) is 2.60. The zero-order valence-electron chi connectivity index (χ0n) is 11.6. The first-order valence-corrected chi connectivity index (χ1v) is 6.96. The molecule has 1 aliphatic rings. The van der Waals surface area contributed by atoms with Gasteiger partial charge in [0.1, 0.15) is 0 Å². The molecule has 2 rings (SSSR count). The van der Waals surface area contributed by atoms with E-state index in [2.05, 4.69) is 5.32 Å².